The molecule has 0 saturated heterocycles. The van der Waals surface area contributed by atoms with Gasteiger partial charge < -0.3 is 10.2 Å². The van der Waals surface area contributed by atoms with E-state index in [1.54, 1.807) is 0 Å². The molecule has 0 fully saturated rings. The van der Waals surface area contributed by atoms with E-state index in [1.165, 1.54) is 93.2 Å². The van der Waals surface area contributed by atoms with Crippen molar-refractivity contribution in [1.29, 1.82) is 0 Å². The Hall–Kier alpha value is -1.90. The Labute approximate surface area is 279 Å². The molecule has 1 aromatic carbocycles. The molecule has 0 spiro atoms. The Morgan fingerprint density at radius 2 is 1.41 bits per heavy atom. The van der Waals surface area contributed by atoms with Gasteiger partial charge in [-0.05, 0) is 102 Å². The molecule has 0 radical (unpaired) electrons. The fourth-order valence-corrected chi connectivity index (χ4v) is 4.23. The number of allylic oxidation sites excluding steroid dienone is 6. The summed E-state index contributed by atoms with van der Waals surface area (Å²) >= 11 is 0. The first-order chi connectivity index (χ1) is 21.1. The molecule has 1 atom stereocenters. The van der Waals surface area contributed by atoms with Gasteiger partial charge in [0.15, 0.2) is 0 Å². The van der Waals surface area contributed by atoms with Gasteiger partial charge >= 0.3 is 0 Å². The van der Waals surface area contributed by atoms with Crippen LogP contribution in [0.2, 0.25) is 0 Å². The molecule has 44 heavy (non-hydrogen) atoms. The van der Waals surface area contributed by atoms with Crippen LogP contribution in [0.3, 0.4) is 0 Å². The van der Waals surface area contributed by atoms with Crippen LogP contribution in [0.15, 0.2) is 66.8 Å². The van der Waals surface area contributed by atoms with E-state index in [4.69, 9.17) is 0 Å². The zero-order chi connectivity index (χ0) is 34.8. The molecule has 1 rings (SSSR count). The van der Waals surface area contributed by atoms with E-state index in [2.05, 4.69) is 137 Å². The lowest BCUT2D eigenvalue weighted by Crippen LogP contribution is -2.29. The Balaban J connectivity index is -0.000000265. The molecule has 0 saturated carbocycles. The number of hydrogen-bond acceptors (Lipinski definition) is 2. The summed E-state index contributed by atoms with van der Waals surface area (Å²) in [7, 11) is 2.19. The van der Waals surface area contributed by atoms with Gasteiger partial charge in [0, 0.05) is 12.1 Å². The molecule has 1 N–H and O–H groups in total. The number of unbranched alkanes of at least 4 members (excludes halogenated alkanes) is 1. The standard InChI is InChI=1S/C18H22.C10H23N.C8H19N.C4H10.C2H6/c1-6-16(7-2)17(8-3)13-15(5)18-11-9-10-14(4)12-18;1-4-7-10(8-5-2)11-9-6-3;1-5-7-9(4)8(3)6-2;1-3-4-2;1-2/h6,8-13H,1,3,7H2,2,4-5H3;10-11H,4-9H2,1-3H3;8H,5-7H2,1-4H3;3-4H2,1-2H3;1-2H3/b15-13+,17-16-;;;;. The highest BCUT2D eigenvalue weighted by Gasteiger charge is 2.04. The lowest BCUT2D eigenvalue weighted by Gasteiger charge is -2.22. The Morgan fingerprint density at radius 1 is 0.841 bits per heavy atom. The smallest absolute Gasteiger partial charge is 0.00668 e. The van der Waals surface area contributed by atoms with E-state index in [-0.39, 0.29) is 0 Å². The van der Waals surface area contributed by atoms with Crippen molar-refractivity contribution in [3.8, 4) is 0 Å². The Bertz CT molecular complexity index is 809. The molecule has 0 aromatic heterocycles. The molecule has 0 aliphatic heterocycles. The van der Waals surface area contributed by atoms with Gasteiger partial charge in [-0.3, -0.25) is 0 Å². The van der Waals surface area contributed by atoms with E-state index in [0.29, 0.717) is 0 Å². The van der Waals surface area contributed by atoms with Gasteiger partial charge in [-0.25, -0.2) is 0 Å². The van der Waals surface area contributed by atoms with Crippen molar-refractivity contribution >= 4 is 5.57 Å². The molecule has 2 nitrogen and oxygen atoms in total. The Kier molecular flexibility index (Phi) is 41.5. The predicted octanol–water partition coefficient (Wildman–Crippen LogP) is 13.4. The molecule has 1 aromatic rings. The molecule has 2 heteroatoms. The SMILES string of the molecule is C=CC(/C=C(\C)c1cccc(C)c1)=C(\C=C)CC.CC.CCCC.CCCN(C)C(C)CC.CCCNC(CCC)CCC. The third kappa shape index (κ3) is 28.8. The van der Waals surface area contributed by atoms with Crippen molar-refractivity contribution < 1.29 is 0 Å². The second-order valence-electron chi connectivity index (χ2n) is 11.4. The first-order valence-corrected chi connectivity index (χ1v) is 18.3. The molecule has 0 aliphatic rings. The van der Waals surface area contributed by atoms with Gasteiger partial charge in [0.05, 0.1) is 0 Å². The molecular weight excluding hydrogens is 532 g/mol. The average molecular weight is 613 g/mol. The maximum Gasteiger partial charge on any atom is 0.00668 e. The summed E-state index contributed by atoms with van der Waals surface area (Å²) in [5.41, 5.74) is 6.18. The van der Waals surface area contributed by atoms with Crippen LogP contribution in [0, 0.1) is 6.92 Å². The summed E-state index contributed by atoms with van der Waals surface area (Å²) in [4.78, 5) is 2.40. The number of nitrogens with zero attached hydrogens (tertiary/aromatic N) is 1. The molecule has 0 aliphatic carbocycles. The van der Waals surface area contributed by atoms with Gasteiger partial charge in [-0.2, -0.15) is 0 Å². The van der Waals surface area contributed by atoms with E-state index >= 15 is 0 Å². The summed E-state index contributed by atoms with van der Waals surface area (Å²) in [5, 5.41) is 3.57. The van der Waals surface area contributed by atoms with Crippen molar-refractivity contribution in [3.63, 3.8) is 0 Å². The fraction of sp³-hybridized carbons (Fsp3) is 0.667. The monoisotopic (exact) mass is 613 g/mol. The first kappa shape index (κ1) is 49.0. The summed E-state index contributed by atoms with van der Waals surface area (Å²) in [6.07, 6.45) is 18.7. The van der Waals surface area contributed by atoms with Crippen molar-refractivity contribution in [1.82, 2.24) is 10.2 Å². The number of nitrogens with one attached hydrogen (secondary N) is 1. The van der Waals surface area contributed by atoms with Crippen LogP contribution >= 0.6 is 0 Å². The lowest BCUT2D eigenvalue weighted by molar-refractivity contribution is 0.252. The van der Waals surface area contributed by atoms with Crippen molar-refractivity contribution in [2.24, 2.45) is 0 Å². The lowest BCUT2D eigenvalue weighted by atomic mass is 9.99. The van der Waals surface area contributed by atoms with E-state index in [0.717, 1.165) is 24.1 Å². The summed E-state index contributed by atoms with van der Waals surface area (Å²) in [6, 6.07) is 10.1. The third-order valence-corrected chi connectivity index (χ3v) is 7.44. The summed E-state index contributed by atoms with van der Waals surface area (Å²) < 4.78 is 0. The van der Waals surface area contributed by atoms with Crippen LogP contribution in [-0.2, 0) is 0 Å². The maximum absolute atomic E-state index is 3.89. The first-order valence-electron chi connectivity index (χ1n) is 18.3. The van der Waals surface area contributed by atoms with Crippen LogP contribution in [0.1, 0.15) is 158 Å². The normalized spacial score (nSPS) is 11.8. The zero-order valence-electron chi connectivity index (χ0n) is 32.5. The highest BCUT2D eigenvalue weighted by molar-refractivity contribution is 5.68. The number of hydrogen-bond donors (Lipinski definition) is 1. The van der Waals surface area contributed by atoms with Crippen molar-refractivity contribution in [2.45, 2.75) is 166 Å². The van der Waals surface area contributed by atoms with Crippen LogP contribution in [0.25, 0.3) is 5.57 Å². The molecule has 1 unspecified atom stereocenters. The quantitative estimate of drug-likeness (QED) is 0.176. The average Bonchev–Trinajstić information content (AvgIpc) is 3.05. The summed E-state index contributed by atoms with van der Waals surface area (Å²) in [6.45, 7) is 38.4. The molecule has 0 heterocycles. The molecule has 0 amide bonds. The van der Waals surface area contributed by atoms with Crippen LogP contribution in [0.4, 0.5) is 0 Å². The van der Waals surface area contributed by atoms with Crippen molar-refractivity contribution in [3.05, 3.63) is 77.9 Å². The maximum atomic E-state index is 3.89. The largest absolute Gasteiger partial charge is 0.314 e. The minimum atomic E-state index is 0.755. The van der Waals surface area contributed by atoms with Gasteiger partial charge in [-0.1, -0.05) is 156 Å². The van der Waals surface area contributed by atoms with Gasteiger partial charge in [0.25, 0.3) is 0 Å². The van der Waals surface area contributed by atoms with Crippen LogP contribution < -0.4 is 5.32 Å². The summed E-state index contributed by atoms with van der Waals surface area (Å²) in [5.74, 6) is 0. The highest BCUT2D eigenvalue weighted by Crippen LogP contribution is 2.20. The predicted molar refractivity (Wildman–Crippen MR) is 209 cm³/mol. The fourth-order valence-electron chi connectivity index (χ4n) is 4.23. The second-order valence-corrected chi connectivity index (χ2v) is 11.4. The number of aryl methyl sites for hydroxylation is 1. The van der Waals surface area contributed by atoms with Crippen LogP contribution in [-0.4, -0.2) is 37.1 Å². The molecule has 258 valence electrons. The van der Waals surface area contributed by atoms with Gasteiger partial charge in [0.2, 0.25) is 0 Å². The zero-order valence-corrected chi connectivity index (χ0v) is 32.5. The molecule has 0 bridgehead atoms. The minimum absolute atomic E-state index is 0.755. The van der Waals surface area contributed by atoms with E-state index in [1.807, 2.05) is 26.0 Å². The minimum Gasteiger partial charge on any atom is -0.314 e. The topological polar surface area (TPSA) is 15.3 Å². The second kappa shape index (κ2) is 37.3. The van der Waals surface area contributed by atoms with Crippen LogP contribution in [0.5, 0.6) is 0 Å². The highest BCUT2D eigenvalue weighted by atomic mass is 15.1. The van der Waals surface area contributed by atoms with E-state index in [9.17, 15) is 0 Å². The van der Waals surface area contributed by atoms with Crippen molar-refractivity contribution in [2.75, 3.05) is 20.1 Å². The number of benzene rings is 1. The Morgan fingerprint density at radius 3 is 1.77 bits per heavy atom. The van der Waals surface area contributed by atoms with Gasteiger partial charge in [0.1, 0.15) is 0 Å². The third-order valence-electron chi connectivity index (χ3n) is 7.44. The molecular formula is C42H80N2. The van der Waals surface area contributed by atoms with E-state index < -0.39 is 0 Å². The van der Waals surface area contributed by atoms with Gasteiger partial charge in [-0.15, -0.1) is 0 Å². The number of rotatable bonds is 17.